The van der Waals surface area contributed by atoms with Crippen molar-refractivity contribution in [1.82, 2.24) is 9.55 Å². The van der Waals surface area contributed by atoms with Gasteiger partial charge in [-0.25, -0.2) is 13.2 Å². The lowest BCUT2D eigenvalue weighted by Crippen LogP contribution is -2.19. The molecule has 0 saturated heterocycles. The van der Waals surface area contributed by atoms with Crippen LogP contribution in [0.3, 0.4) is 0 Å². The Bertz CT molecular complexity index is 674. The lowest BCUT2D eigenvalue weighted by molar-refractivity contribution is 0.444. The first kappa shape index (κ1) is 13.3. The molecule has 0 aliphatic heterocycles. The molecule has 0 atom stereocenters. The average molecular weight is 272 g/mol. The molecular formula is C12H8F4N2O. The Hall–Kier alpha value is -2.18. The molecule has 100 valence electrons. The van der Waals surface area contributed by atoms with Crippen molar-refractivity contribution in [1.29, 1.82) is 0 Å². The second-order valence-corrected chi connectivity index (χ2v) is 3.94. The summed E-state index contributed by atoms with van der Waals surface area (Å²) in [5.41, 5.74) is -0.922. The summed E-state index contributed by atoms with van der Waals surface area (Å²) in [6.07, 6.45) is 0.879. The van der Waals surface area contributed by atoms with Crippen molar-refractivity contribution in [2.45, 2.75) is 13.5 Å². The first-order valence-corrected chi connectivity index (χ1v) is 5.25. The van der Waals surface area contributed by atoms with Crippen LogP contribution in [0.2, 0.25) is 0 Å². The van der Waals surface area contributed by atoms with Crippen LogP contribution in [0.1, 0.15) is 11.4 Å². The van der Waals surface area contributed by atoms with Crippen molar-refractivity contribution in [3.63, 3.8) is 0 Å². The van der Waals surface area contributed by atoms with Gasteiger partial charge in [0.25, 0.3) is 0 Å². The maximum Gasteiger partial charge on any atom is 0.308 e. The maximum atomic E-state index is 13.1. The zero-order valence-corrected chi connectivity index (χ0v) is 9.75. The highest BCUT2D eigenvalue weighted by Gasteiger charge is 2.12. The van der Waals surface area contributed by atoms with Crippen LogP contribution in [-0.2, 0) is 6.54 Å². The second-order valence-electron chi connectivity index (χ2n) is 3.94. The van der Waals surface area contributed by atoms with Crippen molar-refractivity contribution in [2.75, 3.05) is 0 Å². The Morgan fingerprint density at radius 2 is 1.68 bits per heavy atom. The monoisotopic (exact) mass is 272 g/mol. The van der Waals surface area contributed by atoms with E-state index in [9.17, 15) is 22.4 Å². The van der Waals surface area contributed by atoms with Crippen LogP contribution in [0.4, 0.5) is 17.6 Å². The molecule has 0 fully saturated rings. The minimum atomic E-state index is -1.57. The molecule has 0 aliphatic carbocycles. The van der Waals surface area contributed by atoms with Gasteiger partial charge in [0, 0.05) is 12.7 Å². The number of hydrogen-bond acceptors (Lipinski definition) is 2. The number of hydrogen-bond donors (Lipinski definition) is 0. The molecule has 0 bridgehead atoms. The summed E-state index contributed by atoms with van der Waals surface area (Å²) in [7, 11) is 0. The van der Waals surface area contributed by atoms with Gasteiger partial charge in [-0.2, -0.15) is 9.37 Å². The van der Waals surface area contributed by atoms with E-state index in [1.54, 1.807) is 0 Å². The lowest BCUT2D eigenvalue weighted by atomic mass is 10.2. The Labute approximate surface area is 105 Å². The third-order valence-corrected chi connectivity index (χ3v) is 2.55. The van der Waals surface area contributed by atoms with Crippen molar-refractivity contribution < 1.29 is 17.6 Å². The Morgan fingerprint density at radius 1 is 1.11 bits per heavy atom. The molecule has 0 N–H and O–H groups in total. The maximum absolute atomic E-state index is 13.1. The van der Waals surface area contributed by atoms with Gasteiger partial charge < -0.3 is 4.57 Å². The fraction of sp³-hybridized carbons (Fsp3) is 0.167. The van der Waals surface area contributed by atoms with Crippen LogP contribution >= 0.6 is 0 Å². The van der Waals surface area contributed by atoms with Crippen LogP contribution in [0.15, 0.2) is 23.1 Å². The van der Waals surface area contributed by atoms with Gasteiger partial charge in [-0.05, 0) is 24.6 Å². The SMILES string of the molecule is Cc1nc(=O)c(F)cn1Cc1cc(F)c(F)c(F)c1. The highest BCUT2D eigenvalue weighted by molar-refractivity contribution is 5.20. The molecule has 1 aromatic carbocycles. The van der Waals surface area contributed by atoms with Gasteiger partial charge >= 0.3 is 5.56 Å². The van der Waals surface area contributed by atoms with E-state index in [2.05, 4.69) is 4.98 Å². The van der Waals surface area contributed by atoms with Gasteiger partial charge in [-0.1, -0.05) is 0 Å². The van der Waals surface area contributed by atoms with Crippen LogP contribution in [0.5, 0.6) is 0 Å². The third-order valence-electron chi connectivity index (χ3n) is 2.55. The molecule has 0 saturated carbocycles. The largest absolute Gasteiger partial charge is 0.329 e. The standard InChI is InChI=1S/C12H8F4N2O/c1-6-17-12(19)10(15)5-18(6)4-7-2-8(13)11(16)9(14)3-7/h2-3,5H,4H2,1H3. The normalized spacial score (nSPS) is 10.8. The van der Waals surface area contributed by atoms with Gasteiger partial charge in [0.1, 0.15) is 5.82 Å². The summed E-state index contributed by atoms with van der Waals surface area (Å²) in [6.45, 7) is 1.31. The van der Waals surface area contributed by atoms with Crippen LogP contribution in [0.25, 0.3) is 0 Å². The van der Waals surface area contributed by atoms with E-state index >= 15 is 0 Å². The quantitative estimate of drug-likeness (QED) is 0.620. The van der Waals surface area contributed by atoms with Crippen molar-refractivity contribution >= 4 is 0 Å². The van der Waals surface area contributed by atoms with Gasteiger partial charge in [0.2, 0.25) is 5.82 Å². The van der Waals surface area contributed by atoms with Gasteiger partial charge in [0.05, 0.1) is 0 Å². The predicted octanol–water partition coefficient (Wildman–Crippen LogP) is 2.16. The third kappa shape index (κ3) is 2.64. The van der Waals surface area contributed by atoms with E-state index in [0.717, 1.165) is 18.3 Å². The van der Waals surface area contributed by atoms with Gasteiger partial charge in [-0.15, -0.1) is 0 Å². The number of aromatic nitrogens is 2. The van der Waals surface area contributed by atoms with E-state index in [4.69, 9.17) is 0 Å². The second kappa shape index (κ2) is 4.83. The summed E-state index contributed by atoms with van der Waals surface area (Å²) in [6, 6.07) is 1.60. The molecule has 1 heterocycles. The number of rotatable bonds is 2. The summed E-state index contributed by atoms with van der Waals surface area (Å²) >= 11 is 0. The number of halogens is 4. The number of benzene rings is 1. The number of nitrogens with zero attached hydrogens (tertiary/aromatic N) is 2. The molecule has 7 heteroatoms. The Balaban J connectivity index is 2.42. The van der Waals surface area contributed by atoms with Crippen LogP contribution in [-0.4, -0.2) is 9.55 Å². The Kier molecular flexibility index (Phi) is 3.37. The number of aryl methyl sites for hydroxylation is 1. The molecule has 0 unspecified atom stereocenters. The summed E-state index contributed by atoms with van der Waals surface area (Å²) in [5, 5.41) is 0. The smallest absolute Gasteiger partial charge is 0.308 e. The van der Waals surface area contributed by atoms with E-state index in [1.807, 2.05) is 0 Å². The van der Waals surface area contributed by atoms with Crippen LogP contribution < -0.4 is 5.56 Å². The highest BCUT2D eigenvalue weighted by Crippen LogP contribution is 2.14. The summed E-state index contributed by atoms with van der Waals surface area (Å²) in [4.78, 5) is 14.3. The molecule has 19 heavy (non-hydrogen) atoms. The average Bonchev–Trinajstić information content (AvgIpc) is 2.33. The zero-order valence-electron chi connectivity index (χ0n) is 9.75. The molecule has 2 rings (SSSR count). The predicted molar refractivity (Wildman–Crippen MR) is 58.6 cm³/mol. The van der Waals surface area contributed by atoms with Crippen molar-refractivity contribution in [3.8, 4) is 0 Å². The minimum absolute atomic E-state index is 0.0874. The molecular weight excluding hydrogens is 264 g/mol. The molecule has 0 radical (unpaired) electrons. The molecule has 0 aliphatic rings. The topological polar surface area (TPSA) is 34.9 Å². The van der Waals surface area contributed by atoms with Crippen LogP contribution in [0, 0.1) is 30.2 Å². The lowest BCUT2D eigenvalue weighted by Gasteiger charge is -2.10. The Morgan fingerprint density at radius 3 is 2.26 bits per heavy atom. The fourth-order valence-corrected chi connectivity index (χ4v) is 1.61. The highest BCUT2D eigenvalue weighted by atomic mass is 19.2. The molecule has 3 nitrogen and oxygen atoms in total. The van der Waals surface area contributed by atoms with E-state index in [0.29, 0.717) is 0 Å². The van der Waals surface area contributed by atoms with E-state index in [-0.39, 0.29) is 17.9 Å². The molecule has 1 aromatic heterocycles. The first-order chi connectivity index (χ1) is 8.88. The molecule has 0 amide bonds. The molecule has 0 spiro atoms. The first-order valence-electron chi connectivity index (χ1n) is 5.25. The van der Waals surface area contributed by atoms with E-state index < -0.39 is 28.8 Å². The summed E-state index contributed by atoms with van der Waals surface area (Å²) < 4.78 is 53.1. The van der Waals surface area contributed by atoms with Crippen molar-refractivity contribution in [3.05, 3.63) is 63.3 Å². The van der Waals surface area contributed by atoms with E-state index in [1.165, 1.54) is 11.5 Å². The molecule has 2 aromatic rings. The van der Waals surface area contributed by atoms with Gasteiger partial charge in [-0.3, -0.25) is 4.79 Å². The minimum Gasteiger partial charge on any atom is -0.329 e. The van der Waals surface area contributed by atoms with Gasteiger partial charge in [0.15, 0.2) is 17.5 Å². The van der Waals surface area contributed by atoms with Crippen molar-refractivity contribution in [2.24, 2.45) is 0 Å². The zero-order chi connectivity index (χ0) is 14.2. The fourth-order valence-electron chi connectivity index (χ4n) is 1.61. The summed E-state index contributed by atoms with van der Waals surface area (Å²) in [5.74, 6) is -5.13.